The number of hydrogen-bond acceptors (Lipinski definition) is 4. The maximum absolute atomic E-state index is 13.2. The van der Waals surface area contributed by atoms with Gasteiger partial charge < -0.3 is 10.4 Å². The highest BCUT2D eigenvalue weighted by atomic mass is 19.1. The molecular formula is C14H19FN2O4. The van der Waals surface area contributed by atoms with Crippen LogP contribution in [0.2, 0.25) is 0 Å². The lowest BCUT2D eigenvalue weighted by atomic mass is 9.96. The van der Waals surface area contributed by atoms with Gasteiger partial charge >= 0.3 is 0 Å². The number of rotatable bonds is 7. The molecule has 1 atom stereocenters. The Bertz CT molecular complexity index is 518. The maximum atomic E-state index is 13.2. The van der Waals surface area contributed by atoms with Crippen molar-refractivity contribution in [3.05, 3.63) is 39.7 Å². The van der Waals surface area contributed by atoms with Gasteiger partial charge in [-0.2, -0.15) is 0 Å². The van der Waals surface area contributed by atoms with Crippen molar-refractivity contribution in [1.29, 1.82) is 0 Å². The second-order valence-electron chi connectivity index (χ2n) is 4.77. The monoisotopic (exact) mass is 298 g/mol. The summed E-state index contributed by atoms with van der Waals surface area (Å²) >= 11 is 0. The lowest BCUT2D eigenvalue weighted by Crippen LogP contribution is -2.36. The molecule has 0 fully saturated rings. The first kappa shape index (κ1) is 17.0. The van der Waals surface area contributed by atoms with E-state index in [0.29, 0.717) is 0 Å². The third-order valence-electron chi connectivity index (χ3n) is 3.46. The molecule has 0 spiro atoms. The van der Waals surface area contributed by atoms with Gasteiger partial charge in [-0.15, -0.1) is 0 Å². The van der Waals surface area contributed by atoms with Crippen molar-refractivity contribution in [3.8, 4) is 0 Å². The maximum Gasteiger partial charge on any atom is 0.282 e. The van der Waals surface area contributed by atoms with Crippen LogP contribution in [0.25, 0.3) is 0 Å². The fourth-order valence-corrected chi connectivity index (χ4v) is 2.14. The second-order valence-corrected chi connectivity index (χ2v) is 4.77. The number of carbonyl (C=O) groups is 1. The molecule has 1 unspecified atom stereocenters. The first-order valence-electron chi connectivity index (χ1n) is 6.80. The van der Waals surface area contributed by atoms with E-state index in [1.807, 2.05) is 13.8 Å². The zero-order chi connectivity index (χ0) is 16.0. The van der Waals surface area contributed by atoms with E-state index in [1.165, 1.54) is 0 Å². The highest BCUT2D eigenvalue weighted by Crippen LogP contribution is 2.19. The van der Waals surface area contributed by atoms with E-state index < -0.39 is 28.4 Å². The first-order valence-corrected chi connectivity index (χ1v) is 6.80. The van der Waals surface area contributed by atoms with Gasteiger partial charge in [0.05, 0.1) is 11.0 Å². The first-order chi connectivity index (χ1) is 9.90. The van der Waals surface area contributed by atoms with Crippen LogP contribution in [0.3, 0.4) is 0 Å². The van der Waals surface area contributed by atoms with E-state index in [4.69, 9.17) is 0 Å². The minimum absolute atomic E-state index is 0.0289. The highest BCUT2D eigenvalue weighted by Gasteiger charge is 2.22. The van der Waals surface area contributed by atoms with Gasteiger partial charge in [0.2, 0.25) is 0 Å². The van der Waals surface area contributed by atoms with E-state index in [2.05, 4.69) is 5.32 Å². The van der Waals surface area contributed by atoms with Gasteiger partial charge in [-0.3, -0.25) is 14.9 Å². The van der Waals surface area contributed by atoms with E-state index in [9.17, 15) is 24.4 Å². The topological polar surface area (TPSA) is 92.5 Å². The fraction of sp³-hybridized carbons (Fsp3) is 0.500. The van der Waals surface area contributed by atoms with Gasteiger partial charge in [0, 0.05) is 12.6 Å². The third-order valence-corrected chi connectivity index (χ3v) is 3.46. The second kappa shape index (κ2) is 7.68. The summed E-state index contributed by atoms with van der Waals surface area (Å²) in [4.78, 5) is 22.0. The Kier molecular flexibility index (Phi) is 6.23. The van der Waals surface area contributed by atoms with Crippen LogP contribution in [0, 0.1) is 21.8 Å². The molecule has 2 N–H and O–H groups in total. The summed E-state index contributed by atoms with van der Waals surface area (Å²) < 4.78 is 13.2. The average molecular weight is 298 g/mol. The number of nitrogens with zero attached hydrogens (tertiary/aromatic N) is 1. The van der Waals surface area contributed by atoms with Crippen LogP contribution >= 0.6 is 0 Å². The third kappa shape index (κ3) is 4.49. The van der Waals surface area contributed by atoms with Crippen molar-refractivity contribution in [1.82, 2.24) is 5.32 Å². The molecule has 0 heterocycles. The van der Waals surface area contributed by atoms with E-state index in [1.54, 1.807) is 0 Å². The van der Waals surface area contributed by atoms with Crippen molar-refractivity contribution in [2.24, 2.45) is 5.92 Å². The van der Waals surface area contributed by atoms with Crippen molar-refractivity contribution < 1.29 is 19.2 Å². The number of nitro benzene ring substituents is 1. The molecule has 7 heteroatoms. The number of benzene rings is 1. The Morgan fingerprint density at radius 1 is 1.43 bits per heavy atom. The van der Waals surface area contributed by atoms with Gasteiger partial charge in [0.15, 0.2) is 0 Å². The Balaban J connectivity index is 2.80. The molecule has 1 aromatic carbocycles. The number of amides is 1. The van der Waals surface area contributed by atoms with Crippen molar-refractivity contribution in [2.75, 3.05) is 6.54 Å². The minimum atomic E-state index is -0.772. The SMILES string of the molecule is CCC(CC)C(O)CNC(=O)c1cc(F)ccc1[N+](=O)[O-]. The zero-order valence-electron chi connectivity index (χ0n) is 12.0. The lowest BCUT2D eigenvalue weighted by molar-refractivity contribution is -0.385. The van der Waals surface area contributed by atoms with Gasteiger partial charge in [-0.25, -0.2) is 4.39 Å². The molecular weight excluding hydrogens is 279 g/mol. The van der Waals surface area contributed by atoms with Crippen LogP contribution < -0.4 is 5.32 Å². The number of halogens is 1. The number of aliphatic hydroxyl groups excluding tert-OH is 1. The Labute approximate surface area is 122 Å². The molecule has 1 aromatic rings. The van der Waals surface area contributed by atoms with E-state index >= 15 is 0 Å². The van der Waals surface area contributed by atoms with Crippen LogP contribution in [0.5, 0.6) is 0 Å². The number of nitro groups is 1. The number of aliphatic hydroxyl groups is 1. The quantitative estimate of drug-likeness (QED) is 0.596. The molecule has 0 saturated carbocycles. The summed E-state index contributed by atoms with van der Waals surface area (Å²) in [6.45, 7) is 3.83. The van der Waals surface area contributed by atoms with Crippen LogP contribution in [-0.4, -0.2) is 28.6 Å². The lowest BCUT2D eigenvalue weighted by Gasteiger charge is -2.20. The average Bonchev–Trinajstić information content (AvgIpc) is 2.45. The van der Waals surface area contributed by atoms with Gasteiger partial charge in [-0.1, -0.05) is 26.7 Å². The molecule has 0 aliphatic heterocycles. The highest BCUT2D eigenvalue weighted by molar-refractivity contribution is 5.98. The number of carbonyl (C=O) groups excluding carboxylic acids is 1. The fourth-order valence-electron chi connectivity index (χ4n) is 2.14. The molecule has 116 valence electrons. The van der Waals surface area contributed by atoms with Crippen LogP contribution in [-0.2, 0) is 0 Å². The molecule has 1 rings (SSSR count). The molecule has 0 aromatic heterocycles. The predicted octanol–water partition coefficient (Wildman–Crippen LogP) is 2.26. The summed E-state index contributed by atoms with van der Waals surface area (Å²) in [7, 11) is 0. The molecule has 1 amide bonds. The van der Waals surface area contributed by atoms with Crippen LogP contribution in [0.15, 0.2) is 18.2 Å². The summed E-state index contributed by atoms with van der Waals surface area (Å²) in [5, 5.41) is 23.2. The summed E-state index contributed by atoms with van der Waals surface area (Å²) in [5.74, 6) is -1.47. The Morgan fingerprint density at radius 2 is 2.05 bits per heavy atom. The smallest absolute Gasteiger partial charge is 0.282 e. The van der Waals surface area contributed by atoms with Crippen molar-refractivity contribution in [3.63, 3.8) is 0 Å². The van der Waals surface area contributed by atoms with Gasteiger partial charge in [0.1, 0.15) is 11.4 Å². The zero-order valence-corrected chi connectivity index (χ0v) is 12.0. The van der Waals surface area contributed by atoms with Gasteiger partial charge in [-0.05, 0) is 18.1 Å². The Morgan fingerprint density at radius 3 is 2.57 bits per heavy atom. The molecule has 21 heavy (non-hydrogen) atoms. The molecule has 0 saturated heterocycles. The normalized spacial score (nSPS) is 12.2. The summed E-state index contributed by atoms with van der Waals surface area (Å²) in [5.41, 5.74) is -0.817. The largest absolute Gasteiger partial charge is 0.391 e. The minimum Gasteiger partial charge on any atom is -0.391 e. The van der Waals surface area contributed by atoms with Crippen LogP contribution in [0.4, 0.5) is 10.1 Å². The summed E-state index contributed by atoms with van der Waals surface area (Å²) in [6.07, 6.45) is 0.776. The van der Waals surface area contributed by atoms with Gasteiger partial charge in [0.25, 0.3) is 11.6 Å². The molecule has 0 bridgehead atoms. The predicted molar refractivity (Wildman–Crippen MR) is 75.5 cm³/mol. The number of nitrogens with one attached hydrogen (secondary N) is 1. The molecule has 0 aliphatic rings. The molecule has 0 aliphatic carbocycles. The Hall–Kier alpha value is -2.02. The van der Waals surface area contributed by atoms with Crippen LogP contribution in [0.1, 0.15) is 37.0 Å². The van der Waals surface area contributed by atoms with E-state index in [0.717, 1.165) is 31.0 Å². The molecule has 0 radical (unpaired) electrons. The summed E-state index contributed by atoms with van der Waals surface area (Å²) in [6, 6.07) is 2.69. The standard InChI is InChI=1S/C14H19FN2O4/c1-3-9(4-2)13(18)8-16-14(19)11-7-10(15)5-6-12(11)17(20)21/h5-7,9,13,18H,3-4,8H2,1-2H3,(H,16,19). The number of hydrogen-bond donors (Lipinski definition) is 2. The van der Waals surface area contributed by atoms with Crippen molar-refractivity contribution in [2.45, 2.75) is 32.8 Å². The van der Waals surface area contributed by atoms with E-state index in [-0.39, 0.29) is 18.0 Å². The van der Waals surface area contributed by atoms with Crippen molar-refractivity contribution >= 4 is 11.6 Å². The molecule has 6 nitrogen and oxygen atoms in total.